The Labute approximate surface area is 87.2 Å². The molecule has 0 amide bonds. The minimum absolute atomic E-state index is 0.221. The number of aromatic nitrogens is 3. The summed E-state index contributed by atoms with van der Waals surface area (Å²) in [6.45, 7) is 1.91. The van der Waals surface area contributed by atoms with Crippen molar-refractivity contribution in [2.75, 3.05) is 13.8 Å². The second-order valence-corrected chi connectivity index (χ2v) is 3.00. The molecule has 0 saturated carbocycles. The SMILES string of the molecule is CCc1c(C(=O)OC)nnn1CCCF. The van der Waals surface area contributed by atoms with Gasteiger partial charge in [0, 0.05) is 6.54 Å². The Balaban J connectivity index is 2.90. The van der Waals surface area contributed by atoms with E-state index in [4.69, 9.17) is 0 Å². The van der Waals surface area contributed by atoms with Gasteiger partial charge in [0.25, 0.3) is 0 Å². The van der Waals surface area contributed by atoms with E-state index in [-0.39, 0.29) is 5.69 Å². The summed E-state index contributed by atoms with van der Waals surface area (Å²) in [4.78, 5) is 11.3. The molecule has 0 aromatic carbocycles. The number of carbonyl (C=O) groups excluding carboxylic acids is 1. The van der Waals surface area contributed by atoms with E-state index in [0.29, 0.717) is 25.1 Å². The van der Waals surface area contributed by atoms with E-state index in [0.717, 1.165) is 0 Å². The first-order chi connectivity index (χ1) is 7.24. The van der Waals surface area contributed by atoms with Crippen LogP contribution in [0.3, 0.4) is 0 Å². The highest BCUT2D eigenvalue weighted by Crippen LogP contribution is 2.08. The molecule has 0 aliphatic heterocycles. The van der Waals surface area contributed by atoms with Crippen molar-refractivity contribution in [3.05, 3.63) is 11.4 Å². The maximum Gasteiger partial charge on any atom is 0.360 e. The molecule has 84 valence electrons. The standard InChI is InChI=1S/C9H14FN3O2/c1-3-7-8(9(14)15-2)11-12-13(7)6-4-5-10/h3-6H2,1-2H3. The van der Waals surface area contributed by atoms with E-state index < -0.39 is 12.6 Å². The quantitative estimate of drug-likeness (QED) is 0.687. The average Bonchev–Trinajstić information content (AvgIpc) is 2.67. The van der Waals surface area contributed by atoms with Crippen molar-refractivity contribution >= 4 is 5.97 Å². The summed E-state index contributed by atoms with van der Waals surface area (Å²) in [7, 11) is 1.29. The first-order valence-electron chi connectivity index (χ1n) is 4.81. The second-order valence-electron chi connectivity index (χ2n) is 3.00. The summed E-state index contributed by atoms with van der Waals surface area (Å²) in [5.74, 6) is -0.502. The smallest absolute Gasteiger partial charge is 0.360 e. The highest BCUT2D eigenvalue weighted by molar-refractivity contribution is 5.88. The van der Waals surface area contributed by atoms with Gasteiger partial charge in [-0.3, -0.25) is 4.39 Å². The summed E-state index contributed by atoms with van der Waals surface area (Å²) in [5.41, 5.74) is 0.911. The van der Waals surface area contributed by atoms with Crippen LogP contribution < -0.4 is 0 Å². The number of methoxy groups -OCH3 is 1. The van der Waals surface area contributed by atoms with Gasteiger partial charge in [-0.05, 0) is 12.8 Å². The predicted octanol–water partition coefficient (Wildman–Crippen LogP) is 0.987. The van der Waals surface area contributed by atoms with Crippen LogP contribution in [0, 0.1) is 0 Å². The first-order valence-corrected chi connectivity index (χ1v) is 4.81. The molecule has 1 aromatic heterocycles. The van der Waals surface area contributed by atoms with Crippen LogP contribution in [0.5, 0.6) is 0 Å². The molecule has 5 nitrogen and oxygen atoms in total. The van der Waals surface area contributed by atoms with Crippen LogP contribution in [-0.4, -0.2) is 34.7 Å². The molecule has 0 aliphatic carbocycles. The van der Waals surface area contributed by atoms with Crippen molar-refractivity contribution in [3.8, 4) is 0 Å². The summed E-state index contributed by atoms with van der Waals surface area (Å²) >= 11 is 0. The lowest BCUT2D eigenvalue weighted by molar-refractivity contribution is 0.0592. The van der Waals surface area contributed by atoms with Gasteiger partial charge in [0.05, 0.1) is 19.5 Å². The fourth-order valence-corrected chi connectivity index (χ4v) is 1.33. The maximum absolute atomic E-state index is 12.0. The van der Waals surface area contributed by atoms with E-state index in [1.165, 1.54) is 7.11 Å². The number of hydrogen-bond donors (Lipinski definition) is 0. The Kier molecular flexibility index (Phi) is 4.20. The van der Waals surface area contributed by atoms with Crippen LogP contribution in [0.1, 0.15) is 29.5 Å². The summed E-state index contributed by atoms with van der Waals surface area (Å²) < 4.78 is 18.1. The summed E-state index contributed by atoms with van der Waals surface area (Å²) in [6.07, 6.45) is 0.987. The molecule has 0 atom stereocenters. The number of nitrogens with zero attached hydrogens (tertiary/aromatic N) is 3. The Bertz CT molecular complexity index is 338. The number of carbonyl (C=O) groups is 1. The lowest BCUT2D eigenvalue weighted by Gasteiger charge is -2.03. The molecule has 0 saturated heterocycles. The number of hydrogen-bond acceptors (Lipinski definition) is 4. The third kappa shape index (κ3) is 2.51. The third-order valence-corrected chi connectivity index (χ3v) is 2.05. The lowest BCUT2D eigenvalue weighted by Crippen LogP contribution is -2.09. The van der Waals surface area contributed by atoms with Gasteiger partial charge in [-0.15, -0.1) is 5.10 Å². The number of rotatable bonds is 5. The molecule has 0 N–H and O–H groups in total. The number of ether oxygens (including phenoxy) is 1. The number of alkyl halides is 1. The van der Waals surface area contributed by atoms with Crippen LogP contribution in [0.25, 0.3) is 0 Å². The second kappa shape index (κ2) is 5.43. The Morgan fingerprint density at radius 3 is 2.87 bits per heavy atom. The van der Waals surface area contributed by atoms with Gasteiger partial charge >= 0.3 is 5.97 Å². The zero-order valence-electron chi connectivity index (χ0n) is 8.86. The Hall–Kier alpha value is -1.46. The van der Waals surface area contributed by atoms with Crippen molar-refractivity contribution in [2.45, 2.75) is 26.3 Å². The lowest BCUT2D eigenvalue weighted by atomic mass is 10.2. The van der Waals surface area contributed by atoms with Crippen LogP contribution in [0.4, 0.5) is 4.39 Å². The van der Waals surface area contributed by atoms with Crippen LogP contribution in [0.2, 0.25) is 0 Å². The van der Waals surface area contributed by atoms with Gasteiger partial charge in [0.2, 0.25) is 0 Å². The van der Waals surface area contributed by atoms with Crippen molar-refractivity contribution in [3.63, 3.8) is 0 Å². The molecule has 0 fully saturated rings. The van der Waals surface area contributed by atoms with Gasteiger partial charge in [-0.2, -0.15) is 0 Å². The Morgan fingerprint density at radius 2 is 2.33 bits per heavy atom. The molecule has 0 aliphatic rings. The molecule has 6 heteroatoms. The third-order valence-electron chi connectivity index (χ3n) is 2.05. The molecule has 0 radical (unpaired) electrons. The van der Waals surface area contributed by atoms with Gasteiger partial charge < -0.3 is 4.74 Å². The summed E-state index contributed by atoms with van der Waals surface area (Å²) in [6, 6.07) is 0. The maximum atomic E-state index is 12.0. The van der Waals surface area contributed by atoms with Crippen molar-refractivity contribution < 1.29 is 13.9 Å². The molecular weight excluding hydrogens is 201 g/mol. The van der Waals surface area contributed by atoms with Gasteiger partial charge in [0.15, 0.2) is 5.69 Å². The molecule has 15 heavy (non-hydrogen) atoms. The molecule has 1 aromatic rings. The minimum Gasteiger partial charge on any atom is -0.464 e. The topological polar surface area (TPSA) is 57.0 Å². The number of esters is 1. The fraction of sp³-hybridized carbons (Fsp3) is 0.667. The molecule has 1 rings (SSSR count). The largest absolute Gasteiger partial charge is 0.464 e. The van der Waals surface area contributed by atoms with Crippen LogP contribution in [-0.2, 0) is 17.7 Å². The monoisotopic (exact) mass is 215 g/mol. The van der Waals surface area contributed by atoms with Crippen LogP contribution >= 0.6 is 0 Å². The zero-order valence-corrected chi connectivity index (χ0v) is 8.86. The van der Waals surface area contributed by atoms with Crippen molar-refractivity contribution in [1.29, 1.82) is 0 Å². The normalized spacial score (nSPS) is 10.3. The van der Waals surface area contributed by atoms with E-state index >= 15 is 0 Å². The molecular formula is C9H14FN3O2. The average molecular weight is 215 g/mol. The fourth-order valence-electron chi connectivity index (χ4n) is 1.33. The molecule has 0 unspecified atom stereocenters. The Morgan fingerprint density at radius 1 is 1.60 bits per heavy atom. The minimum atomic E-state index is -0.502. The van der Waals surface area contributed by atoms with E-state index in [9.17, 15) is 9.18 Å². The van der Waals surface area contributed by atoms with Gasteiger partial charge in [-0.1, -0.05) is 12.1 Å². The van der Waals surface area contributed by atoms with Gasteiger partial charge in [0.1, 0.15) is 0 Å². The predicted molar refractivity (Wildman–Crippen MR) is 51.3 cm³/mol. The van der Waals surface area contributed by atoms with Gasteiger partial charge in [-0.25, -0.2) is 9.48 Å². The highest BCUT2D eigenvalue weighted by atomic mass is 19.1. The van der Waals surface area contributed by atoms with Crippen molar-refractivity contribution in [2.24, 2.45) is 0 Å². The highest BCUT2D eigenvalue weighted by Gasteiger charge is 2.18. The number of aryl methyl sites for hydroxylation is 1. The molecule has 0 bridgehead atoms. The number of halogens is 1. The van der Waals surface area contributed by atoms with Crippen molar-refractivity contribution in [1.82, 2.24) is 15.0 Å². The first kappa shape index (κ1) is 11.6. The molecule has 1 heterocycles. The summed E-state index contributed by atoms with van der Waals surface area (Å²) in [5, 5.41) is 7.52. The van der Waals surface area contributed by atoms with E-state index in [1.807, 2.05) is 6.92 Å². The molecule has 0 spiro atoms. The van der Waals surface area contributed by atoms with Crippen LogP contribution in [0.15, 0.2) is 0 Å². The van der Waals surface area contributed by atoms with E-state index in [1.54, 1.807) is 4.68 Å². The van der Waals surface area contributed by atoms with E-state index in [2.05, 4.69) is 15.0 Å². The zero-order chi connectivity index (χ0) is 11.3.